The van der Waals surface area contributed by atoms with E-state index in [2.05, 4.69) is 51.1 Å². The van der Waals surface area contributed by atoms with Gasteiger partial charge in [0.25, 0.3) is 0 Å². The zero-order valence-corrected chi connectivity index (χ0v) is 23.3. The third-order valence-corrected chi connectivity index (χ3v) is 7.49. The lowest BCUT2D eigenvalue weighted by Gasteiger charge is -2.24. The molecular formula is C33H33FN6O. The highest BCUT2D eigenvalue weighted by atomic mass is 19.1. The van der Waals surface area contributed by atoms with E-state index in [1.165, 1.54) is 17.7 Å². The van der Waals surface area contributed by atoms with Crippen molar-refractivity contribution >= 4 is 5.95 Å². The first-order valence-corrected chi connectivity index (χ1v) is 13.9. The molecule has 3 aromatic carbocycles. The van der Waals surface area contributed by atoms with Crippen LogP contribution in [0.15, 0.2) is 91.1 Å². The fourth-order valence-electron chi connectivity index (χ4n) is 5.52. The number of benzene rings is 3. The van der Waals surface area contributed by atoms with E-state index in [0.29, 0.717) is 12.5 Å². The molecule has 41 heavy (non-hydrogen) atoms. The van der Waals surface area contributed by atoms with Crippen molar-refractivity contribution in [3.8, 4) is 28.4 Å². The highest BCUT2D eigenvalue weighted by Crippen LogP contribution is 2.39. The lowest BCUT2D eigenvalue weighted by atomic mass is 10.1. The Labute approximate surface area is 239 Å². The first-order valence-electron chi connectivity index (χ1n) is 13.9. The Balaban J connectivity index is 1.32. The van der Waals surface area contributed by atoms with Gasteiger partial charge in [0, 0.05) is 43.9 Å². The van der Waals surface area contributed by atoms with Gasteiger partial charge in [0.2, 0.25) is 5.95 Å². The molecule has 1 unspecified atom stereocenters. The standard InChI is InChI=1S/C33H33FN6O/c1-39(21-24-6-4-3-5-7-24)22-27-14-17-30-38-31(25-10-12-26(34)13-11-25)32(40(27)30)29-18-19-35-33(37-29)36-20-23-8-15-28(41-2)16-9-23/h3-13,15-16,18-19,27H,14,17,20-22H2,1-2H3,(H,35,36,37). The molecule has 8 heteroatoms. The first kappa shape index (κ1) is 26.7. The van der Waals surface area contributed by atoms with Gasteiger partial charge in [-0.05, 0) is 67.1 Å². The molecule has 0 aliphatic carbocycles. The van der Waals surface area contributed by atoms with E-state index in [0.717, 1.165) is 65.7 Å². The van der Waals surface area contributed by atoms with Crippen molar-refractivity contribution in [2.24, 2.45) is 0 Å². The number of hydrogen-bond donors (Lipinski definition) is 1. The molecular weight excluding hydrogens is 515 g/mol. The molecule has 1 N–H and O–H groups in total. The van der Waals surface area contributed by atoms with Crippen molar-refractivity contribution in [2.45, 2.75) is 32.0 Å². The molecule has 0 radical (unpaired) electrons. The number of ether oxygens (including phenoxy) is 1. The average molecular weight is 549 g/mol. The molecule has 6 rings (SSSR count). The predicted octanol–water partition coefficient (Wildman–Crippen LogP) is 6.39. The van der Waals surface area contributed by atoms with Crippen LogP contribution in [0.3, 0.4) is 0 Å². The molecule has 2 aromatic heterocycles. The first-order chi connectivity index (χ1) is 20.1. The molecule has 7 nitrogen and oxygen atoms in total. The molecule has 0 saturated heterocycles. The number of aromatic nitrogens is 4. The minimum atomic E-state index is -0.269. The molecule has 208 valence electrons. The van der Waals surface area contributed by atoms with Gasteiger partial charge < -0.3 is 19.5 Å². The van der Waals surface area contributed by atoms with Crippen LogP contribution >= 0.6 is 0 Å². The summed E-state index contributed by atoms with van der Waals surface area (Å²) < 4.78 is 21.4. The van der Waals surface area contributed by atoms with Gasteiger partial charge in [-0.2, -0.15) is 0 Å². The number of imidazole rings is 1. The maximum atomic E-state index is 13.8. The molecule has 1 aliphatic heterocycles. The molecule has 0 saturated carbocycles. The van der Waals surface area contributed by atoms with E-state index in [1.807, 2.05) is 36.4 Å². The Kier molecular flexibility index (Phi) is 7.73. The number of fused-ring (bicyclic) bond motifs is 1. The van der Waals surface area contributed by atoms with E-state index in [1.54, 1.807) is 25.4 Å². The third kappa shape index (κ3) is 5.98. The molecule has 3 heterocycles. The van der Waals surface area contributed by atoms with Crippen LogP contribution in [-0.2, 0) is 19.5 Å². The van der Waals surface area contributed by atoms with Crippen molar-refractivity contribution in [1.82, 2.24) is 24.4 Å². The Morgan fingerprint density at radius 1 is 0.951 bits per heavy atom. The summed E-state index contributed by atoms with van der Waals surface area (Å²) in [7, 11) is 3.82. The van der Waals surface area contributed by atoms with Crippen LogP contribution in [0.2, 0.25) is 0 Å². The number of methoxy groups -OCH3 is 1. The zero-order valence-electron chi connectivity index (χ0n) is 23.3. The molecule has 0 amide bonds. The Hall–Kier alpha value is -4.56. The lowest BCUT2D eigenvalue weighted by molar-refractivity contribution is 0.274. The van der Waals surface area contributed by atoms with Crippen LogP contribution in [0.1, 0.15) is 29.4 Å². The molecule has 5 aromatic rings. The van der Waals surface area contributed by atoms with E-state index in [4.69, 9.17) is 14.7 Å². The second kappa shape index (κ2) is 11.9. The predicted molar refractivity (Wildman–Crippen MR) is 159 cm³/mol. The van der Waals surface area contributed by atoms with Crippen LogP contribution in [0.25, 0.3) is 22.6 Å². The van der Waals surface area contributed by atoms with Crippen molar-refractivity contribution < 1.29 is 9.13 Å². The lowest BCUT2D eigenvalue weighted by Crippen LogP contribution is -2.26. The van der Waals surface area contributed by atoms with Crippen LogP contribution in [0, 0.1) is 5.82 Å². The summed E-state index contributed by atoms with van der Waals surface area (Å²) >= 11 is 0. The summed E-state index contributed by atoms with van der Waals surface area (Å²) in [5, 5.41) is 3.36. The van der Waals surface area contributed by atoms with E-state index < -0.39 is 0 Å². The normalized spacial score (nSPS) is 14.3. The minimum Gasteiger partial charge on any atom is -0.497 e. The molecule has 0 fully saturated rings. The Morgan fingerprint density at radius 3 is 2.49 bits per heavy atom. The number of nitrogens with zero attached hydrogens (tertiary/aromatic N) is 5. The average Bonchev–Trinajstić information content (AvgIpc) is 3.57. The van der Waals surface area contributed by atoms with Crippen LogP contribution in [0.5, 0.6) is 5.75 Å². The van der Waals surface area contributed by atoms with Gasteiger partial charge in [-0.15, -0.1) is 0 Å². The highest BCUT2D eigenvalue weighted by Gasteiger charge is 2.31. The zero-order chi connectivity index (χ0) is 28.2. The number of rotatable bonds is 10. The second-order valence-electron chi connectivity index (χ2n) is 10.4. The number of nitrogens with one attached hydrogen (secondary N) is 1. The number of anilines is 1. The van der Waals surface area contributed by atoms with Gasteiger partial charge in [-0.3, -0.25) is 0 Å². The summed E-state index contributed by atoms with van der Waals surface area (Å²) in [6.45, 7) is 2.33. The van der Waals surface area contributed by atoms with Crippen molar-refractivity contribution in [1.29, 1.82) is 0 Å². The van der Waals surface area contributed by atoms with Crippen molar-refractivity contribution in [3.63, 3.8) is 0 Å². The number of likely N-dealkylation sites (N-methyl/N-ethyl adjacent to an activating group) is 1. The second-order valence-corrected chi connectivity index (χ2v) is 10.4. The number of aryl methyl sites for hydroxylation is 1. The smallest absolute Gasteiger partial charge is 0.223 e. The van der Waals surface area contributed by atoms with Crippen LogP contribution < -0.4 is 10.1 Å². The SMILES string of the molecule is COc1ccc(CNc2nccc(-c3c(-c4ccc(F)cc4)nc4n3C(CN(C)Cc3ccccc3)CC4)n2)cc1. The van der Waals surface area contributed by atoms with Gasteiger partial charge in [-0.1, -0.05) is 42.5 Å². The topological polar surface area (TPSA) is 68.1 Å². The van der Waals surface area contributed by atoms with Gasteiger partial charge in [0.05, 0.1) is 24.2 Å². The molecule has 0 bridgehead atoms. The molecule has 0 spiro atoms. The fraction of sp³-hybridized carbons (Fsp3) is 0.242. The summed E-state index contributed by atoms with van der Waals surface area (Å²) in [6.07, 6.45) is 3.66. The maximum absolute atomic E-state index is 13.8. The fourth-order valence-corrected chi connectivity index (χ4v) is 5.52. The van der Waals surface area contributed by atoms with Crippen molar-refractivity contribution in [3.05, 3.63) is 114 Å². The van der Waals surface area contributed by atoms with E-state index >= 15 is 0 Å². The quantitative estimate of drug-likeness (QED) is 0.218. The highest BCUT2D eigenvalue weighted by molar-refractivity contribution is 5.78. The van der Waals surface area contributed by atoms with Crippen molar-refractivity contribution in [2.75, 3.05) is 26.0 Å². The third-order valence-electron chi connectivity index (χ3n) is 7.49. The molecule has 1 aliphatic rings. The minimum absolute atomic E-state index is 0.237. The monoisotopic (exact) mass is 548 g/mol. The molecule has 1 atom stereocenters. The number of hydrogen-bond acceptors (Lipinski definition) is 6. The summed E-state index contributed by atoms with van der Waals surface area (Å²) in [6, 6.07) is 27.1. The van der Waals surface area contributed by atoms with Gasteiger partial charge in [-0.25, -0.2) is 19.3 Å². The van der Waals surface area contributed by atoms with Gasteiger partial charge in [0.15, 0.2) is 0 Å². The van der Waals surface area contributed by atoms with Gasteiger partial charge >= 0.3 is 0 Å². The largest absolute Gasteiger partial charge is 0.497 e. The van der Waals surface area contributed by atoms with E-state index in [9.17, 15) is 4.39 Å². The summed E-state index contributed by atoms with van der Waals surface area (Å²) in [5.74, 6) is 2.12. The van der Waals surface area contributed by atoms with Gasteiger partial charge in [0.1, 0.15) is 17.4 Å². The van der Waals surface area contributed by atoms with Crippen LogP contribution in [-0.4, -0.2) is 45.1 Å². The summed E-state index contributed by atoms with van der Waals surface area (Å²) in [5.41, 5.74) is 5.79. The maximum Gasteiger partial charge on any atom is 0.223 e. The number of halogens is 1. The Bertz CT molecular complexity index is 1600. The van der Waals surface area contributed by atoms with Crippen LogP contribution in [0.4, 0.5) is 10.3 Å². The van der Waals surface area contributed by atoms with E-state index in [-0.39, 0.29) is 11.9 Å². The Morgan fingerprint density at radius 2 is 1.73 bits per heavy atom. The summed E-state index contributed by atoms with van der Waals surface area (Å²) in [4.78, 5) is 16.9.